The average molecular weight is 285 g/mol. The van der Waals surface area contributed by atoms with Gasteiger partial charge in [0.25, 0.3) is 0 Å². The SMILES string of the molecule is O=C(CCNc1ccc2nccnc2n1)N1CCCCC1. The maximum Gasteiger partial charge on any atom is 0.224 e. The molecule has 1 N–H and O–H groups in total. The van der Waals surface area contributed by atoms with Crippen LogP contribution in [0.4, 0.5) is 5.82 Å². The van der Waals surface area contributed by atoms with E-state index < -0.39 is 0 Å². The number of carbonyl (C=O) groups is 1. The molecule has 1 fully saturated rings. The van der Waals surface area contributed by atoms with Crippen molar-refractivity contribution in [1.82, 2.24) is 19.9 Å². The Balaban J connectivity index is 1.53. The lowest BCUT2D eigenvalue weighted by Crippen LogP contribution is -2.36. The van der Waals surface area contributed by atoms with Crippen LogP contribution in [-0.2, 0) is 4.79 Å². The molecule has 0 radical (unpaired) electrons. The van der Waals surface area contributed by atoms with Gasteiger partial charge in [-0.1, -0.05) is 0 Å². The van der Waals surface area contributed by atoms with Crippen LogP contribution in [0.15, 0.2) is 24.5 Å². The standard InChI is InChI=1S/C15H19N5O/c21-14(20-10-2-1-3-11-20)6-7-17-13-5-4-12-15(19-13)18-9-8-16-12/h4-5,8-9H,1-3,6-7,10-11H2,(H,17,18,19). The van der Waals surface area contributed by atoms with Crippen LogP contribution in [-0.4, -0.2) is 45.4 Å². The Bertz CT molecular complexity index is 624. The van der Waals surface area contributed by atoms with E-state index in [2.05, 4.69) is 20.3 Å². The second kappa shape index (κ2) is 6.47. The van der Waals surface area contributed by atoms with Gasteiger partial charge in [0.1, 0.15) is 11.3 Å². The maximum atomic E-state index is 12.0. The molecular weight excluding hydrogens is 266 g/mol. The number of likely N-dealkylation sites (tertiary alicyclic amines) is 1. The van der Waals surface area contributed by atoms with Gasteiger partial charge in [0.15, 0.2) is 5.65 Å². The van der Waals surface area contributed by atoms with Gasteiger partial charge < -0.3 is 10.2 Å². The van der Waals surface area contributed by atoms with E-state index in [9.17, 15) is 4.79 Å². The Labute approximate surface area is 123 Å². The van der Waals surface area contributed by atoms with Crippen LogP contribution in [0.3, 0.4) is 0 Å². The molecule has 0 aliphatic carbocycles. The number of hydrogen-bond acceptors (Lipinski definition) is 5. The van der Waals surface area contributed by atoms with Gasteiger partial charge in [-0.15, -0.1) is 0 Å². The van der Waals surface area contributed by atoms with Gasteiger partial charge in [0, 0.05) is 38.4 Å². The van der Waals surface area contributed by atoms with Gasteiger partial charge >= 0.3 is 0 Å². The van der Waals surface area contributed by atoms with Crippen LogP contribution in [0.25, 0.3) is 11.2 Å². The minimum atomic E-state index is 0.225. The van der Waals surface area contributed by atoms with E-state index in [1.54, 1.807) is 12.4 Å². The van der Waals surface area contributed by atoms with Crippen molar-refractivity contribution in [3.8, 4) is 0 Å². The lowest BCUT2D eigenvalue weighted by Gasteiger charge is -2.26. The topological polar surface area (TPSA) is 71.0 Å². The lowest BCUT2D eigenvalue weighted by molar-refractivity contribution is -0.131. The first kappa shape index (κ1) is 13.7. The quantitative estimate of drug-likeness (QED) is 0.928. The smallest absolute Gasteiger partial charge is 0.224 e. The normalized spacial score (nSPS) is 15.1. The Hall–Kier alpha value is -2.24. The highest BCUT2D eigenvalue weighted by Crippen LogP contribution is 2.12. The highest BCUT2D eigenvalue weighted by molar-refractivity contribution is 5.77. The van der Waals surface area contributed by atoms with Crippen molar-refractivity contribution in [2.45, 2.75) is 25.7 Å². The van der Waals surface area contributed by atoms with Crippen molar-refractivity contribution >= 4 is 22.9 Å². The molecule has 1 aliphatic heterocycles. The number of piperidine rings is 1. The molecule has 0 atom stereocenters. The van der Waals surface area contributed by atoms with E-state index in [1.165, 1.54) is 6.42 Å². The van der Waals surface area contributed by atoms with Gasteiger partial charge in [-0.25, -0.2) is 9.97 Å². The fourth-order valence-corrected chi connectivity index (χ4v) is 2.55. The summed E-state index contributed by atoms with van der Waals surface area (Å²) in [7, 11) is 0. The van der Waals surface area contributed by atoms with Crippen molar-refractivity contribution in [1.29, 1.82) is 0 Å². The first-order chi connectivity index (χ1) is 10.3. The summed E-state index contributed by atoms with van der Waals surface area (Å²) in [5, 5.41) is 3.18. The van der Waals surface area contributed by atoms with Crippen LogP contribution in [0, 0.1) is 0 Å². The first-order valence-electron chi connectivity index (χ1n) is 7.42. The third-order valence-electron chi connectivity index (χ3n) is 3.69. The van der Waals surface area contributed by atoms with Crippen molar-refractivity contribution in [3.05, 3.63) is 24.5 Å². The molecule has 3 rings (SSSR count). The third kappa shape index (κ3) is 3.45. The minimum absolute atomic E-state index is 0.225. The summed E-state index contributed by atoms with van der Waals surface area (Å²) in [6.07, 6.45) is 7.27. The van der Waals surface area contributed by atoms with Crippen molar-refractivity contribution in [3.63, 3.8) is 0 Å². The van der Waals surface area contributed by atoms with Gasteiger partial charge in [-0.3, -0.25) is 9.78 Å². The van der Waals surface area contributed by atoms with Gasteiger partial charge in [0.05, 0.1) is 0 Å². The molecule has 2 aromatic rings. The zero-order valence-electron chi connectivity index (χ0n) is 12.0. The number of fused-ring (bicyclic) bond motifs is 1. The number of pyridine rings is 1. The molecule has 6 heteroatoms. The summed E-state index contributed by atoms with van der Waals surface area (Å²) in [6, 6.07) is 3.74. The molecule has 21 heavy (non-hydrogen) atoms. The fourth-order valence-electron chi connectivity index (χ4n) is 2.55. The predicted molar refractivity (Wildman–Crippen MR) is 80.9 cm³/mol. The van der Waals surface area contributed by atoms with Crippen LogP contribution < -0.4 is 5.32 Å². The van der Waals surface area contributed by atoms with Gasteiger partial charge in [-0.05, 0) is 31.4 Å². The monoisotopic (exact) mass is 285 g/mol. The van der Waals surface area contributed by atoms with Crippen LogP contribution in [0.2, 0.25) is 0 Å². The summed E-state index contributed by atoms with van der Waals surface area (Å²) in [5.41, 5.74) is 1.39. The molecule has 3 heterocycles. The molecular formula is C15H19N5O. The van der Waals surface area contributed by atoms with E-state index in [1.807, 2.05) is 17.0 Å². The molecule has 2 aromatic heterocycles. The lowest BCUT2D eigenvalue weighted by atomic mass is 10.1. The number of carbonyl (C=O) groups excluding carboxylic acids is 1. The largest absolute Gasteiger partial charge is 0.369 e. The molecule has 0 saturated carbocycles. The molecule has 1 saturated heterocycles. The van der Waals surface area contributed by atoms with Gasteiger partial charge in [-0.2, -0.15) is 0 Å². The molecule has 0 bridgehead atoms. The van der Waals surface area contributed by atoms with Crippen molar-refractivity contribution < 1.29 is 4.79 Å². The summed E-state index contributed by atoms with van der Waals surface area (Å²) in [4.78, 5) is 26.7. The van der Waals surface area contributed by atoms with Crippen LogP contribution in [0.5, 0.6) is 0 Å². The highest BCUT2D eigenvalue weighted by atomic mass is 16.2. The number of hydrogen-bond donors (Lipinski definition) is 1. The summed E-state index contributed by atoms with van der Waals surface area (Å²) in [6.45, 7) is 2.40. The molecule has 0 aromatic carbocycles. The predicted octanol–water partition coefficient (Wildman–Crippen LogP) is 1.84. The molecule has 1 amide bonds. The Morgan fingerprint density at radius 1 is 1.14 bits per heavy atom. The van der Waals surface area contributed by atoms with E-state index in [-0.39, 0.29) is 5.91 Å². The summed E-state index contributed by atoms with van der Waals surface area (Å²) in [5.74, 6) is 0.956. The van der Waals surface area contributed by atoms with Crippen molar-refractivity contribution in [2.24, 2.45) is 0 Å². The molecule has 1 aliphatic rings. The number of anilines is 1. The Morgan fingerprint density at radius 2 is 1.95 bits per heavy atom. The molecule has 0 unspecified atom stereocenters. The number of rotatable bonds is 4. The zero-order valence-corrected chi connectivity index (χ0v) is 12.0. The van der Waals surface area contributed by atoms with E-state index in [0.29, 0.717) is 18.6 Å². The number of nitrogens with one attached hydrogen (secondary N) is 1. The second-order valence-corrected chi connectivity index (χ2v) is 5.21. The number of nitrogens with zero attached hydrogens (tertiary/aromatic N) is 4. The molecule has 6 nitrogen and oxygen atoms in total. The minimum Gasteiger partial charge on any atom is -0.369 e. The number of aromatic nitrogens is 3. The zero-order chi connectivity index (χ0) is 14.5. The maximum absolute atomic E-state index is 12.0. The Kier molecular flexibility index (Phi) is 4.23. The first-order valence-corrected chi connectivity index (χ1v) is 7.42. The second-order valence-electron chi connectivity index (χ2n) is 5.21. The van der Waals surface area contributed by atoms with E-state index >= 15 is 0 Å². The van der Waals surface area contributed by atoms with Gasteiger partial charge in [0.2, 0.25) is 5.91 Å². The van der Waals surface area contributed by atoms with E-state index in [4.69, 9.17) is 0 Å². The molecule has 110 valence electrons. The number of amides is 1. The van der Waals surface area contributed by atoms with Crippen LogP contribution in [0.1, 0.15) is 25.7 Å². The Morgan fingerprint density at radius 3 is 2.81 bits per heavy atom. The average Bonchev–Trinajstić information content (AvgIpc) is 2.55. The van der Waals surface area contributed by atoms with E-state index in [0.717, 1.165) is 37.3 Å². The third-order valence-corrected chi connectivity index (χ3v) is 3.69. The summed E-state index contributed by atoms with van der Waals surface area (Å²) < 4.78 is 0. The van der Waals surface area contributed by atoms with Crippen molar-refractivity contribution in [2.75, 3.05) is 25.0 Å². The summed E-state index contributed by atoms with van der Waals surface area (Å²) >= 11 is 0. The van der Waals surface area contributed by atoms with Crippen LogP contribution >= 0.6 is 0 Å². The molecule has 0 spiro atoms. The fraction of sp³-hybridized carbons (Fsp3) is 0.467. The highest BCUT2D eigenvalue weighted by Gasteiger charge is 2.15.